The van der Waals surface area contributed by atoms with Gasteiger partial charge >= 0.3 is 0 Å². The Kier molecular flexibility index (Phi) is 4.78. The summed E-state index contributed by atoms with van der Waals surface area (Å²) < 4.78 is 5.56. The Balaban J connectivity index is 0.00000144. The van der Waals surface area contributed by atoms with Gasteiger partial charge in [0, 0.05) is 19.0 Å². The second-order valence-electron chi connectivity index (χ2n) is 4.06. The normalized spacial score (nSPS) is 18.6. The molecule has 1 aromatic rings. The zero-order valence-electron chi connectivity index (χ0n) is 9.68. The first kappa shape index (κ1) is 13.8. The lowest BCUT2D eigenvalue weighted by atomic mass is 10.1. The zero-order chi connectivity index (χ0) is 11.5. The fourth-order valence-corrected chi connectivity index (χ4v) is 1.72. The number of hydrogen-bond donors (Lipinski definition) is 2. The highest BCUT2D eigenvalue weighted by molar-refractivity contribution is 5.85. The van der Waals surface area contributed by atoms with Crippen LogP contribution >= 0.6 is 12.4 Å². The predicted octanol–water partition coefficient (Wildman–Crippen LogP) is 0.875. The average molecular weight is 257 g/mol. The van der Waals surface area contributed by atoms with Crippen LogP contribution in [0.15, 0.2) is 24.3 Å². The van der Waals surface area contributed by atoms with Gasteiger partial charge in [-0.3, -0.25) is 4.79 Å². The second-order valence-corrected chi connectivity index (χ2v) is 4.06. The molecule has 1 amide bonds. The summed E-state index contributed by atoms with van der Waals surface area (Å²) in [6.07, 6.45) is 0.227. The Bertz CT molecular complexity index is 373. The maximum atomic E-state index is 11.8. The van der Waals surface area contributed by atoms with Crippen LogP contribution in [-0.2, 0) is 11.2 Å². The zero-order valence-corrected chi connectivity index (χ0v) is 10.5. The van der Waals surface area contributed by atoms with E-state index in [2.05, 4.69) is 5.32 Å². The minimum Gasteiger partial charge on any atom is -0.480 e. The highest BCUT2D eigenvalue weighted by atomic mass is 35.5. The molecule has 0 fully saturated rings. The van der Waals surface area contributed by atoms with Crippen molar-refractivity contribution in [1.82, 2.24) is 5.32 Å². The molecule has 2 rings (SSSR count). The highest BCUT2D eigenvalue weighted by Gasteiger charge is 2.29. The third kappa shape index (κ3) is 3.11. The quantitative estimate of drug-likeness (QED) is 0.844. The van der Waals surface area contributed by atoms with Gasteiger partial charge in [-0.05, 0) is 18.6 Å². The summed E-state index contributed by atoms with van der Waals surface area (Å²) in [4.78, 5) is 11.8. The fourth-order valence-electron chi connectivity index (χ4n) is 1.72. The molecule has 0 spiro atoms. The van der Waals surface area contributed by atoms with Gasteiger partial charge in [-0.25, -0.2) is 0 Å². The lowest BCUT2D eigenvalue weighted by molar-refractivity contribution is -0.127. The Morgan fingerprint density at radius 3 is 2.94 bits per heavy atom. The van der Waals surface area contributed by atoms with Crippen LogP contribution in [0.5, 0.6) is 5.75 Å². The second kappa shape index (κ2) is 5.89. The maximum Gasteiger partial charge on any atom is 0.261 e. The van der Waals surface area contributed by atoms with Gasteiger partial charge in [0.05, 0.1) is 0 Å². The Hall–Kier alpha value is -1.26. The molecular formula is C12H17ClN2O2. The first-order valence-electron chi connectivity index (χ1n) is 5.45. The monoisotopic (exact) mass is 256 g/mol. The van der Waals surface area contributed by atoms with Gasteiger partial charge in [0.1, 0.15) is 5.75 Å². The number of amides is 1. The largest absolute Gasteiger partial charge is 0.480 e. The van der Waals surface area contributed by atoms with E-state index in [1.807, 2.05) is 31.2 Å². The third-order valence-electron chi connectivity index (χ3n) is 2.68. The number of carbonyl (C=O) groups is 1. The van der Waals surface area contributed by atoms with Crippen molar-refractivity contribution in [2.24, 2.45) is 5.73 Å². The fraction of sp³-hybridized carbons (Fsp3) is 0.417. The SMILES string of the molecule is C[C@@H](CN)NC(=O)C1Cc2ccccc2O1.Cl. The Morgan fingerprint density at radius 2 is 2.29 bits per heavy atom. The predicted molar refractivity (Wildman–Crippen MR) is 68.5 cm³/mol. The van der Waals surface area contributed by atoms with Crippen molar-refractivity contribution < 1.29 is 9.53 Å². The minimum atomic E-state index is -0.411. The number of nitrogens with two attached hydrogens (primary N) is 1. The molecule has 1 aromatic carbocycles. The molecule has 94 valence electrons. The Labute approximate surface area is 107 Å². The van der Waals surface area contributed by atoms with Crippen molar-refractivity contribution in [3.63, 3.8) is 0 Å². The highest BCUT2D eigenvalue weighted by Crippen LogP contribution is 2.28. The van der Waals surface area contributed by atoms with E-state index in [0.29, 0.717) is 13.0 Å². The topological polar surface area (TPSA) is 64.3 Å². The maximum absolute atomic E-state index is 11.8. The molecule has 5 heteroatoms. The first-order chi connectivity index (χ1) is 7.70. The third-order valence-corrected chi connectivity index (χ3v) is 2.68. The number of nitrogens with one attached hydrogen (secondary N) is 1. The number of fused-ring (bicyclic) bond motifs is 1. The van der Waals surface area contributed by atoms with E-state index in [4.69, 9.17) is 10.5 Å². The van der Waals surface area contributed by atoms with Gasteiger partial charge < -0.3 is 15.8 Å². The summed E-state index contributed by atoms with van der Waals surface area (Å²) in [7, 11) is 0. The van der Waals surface area contributed by atoms with Crippen LogP contribution in [0, 0.1) is 0 Å². The molecule has 1 aliphatic rings. The van der Waals surface area contributed by atoms with Gasteiger partial charge in [-0.1, -0.05) is 18.2 Å². The van der Waals surface area contributed by atoms with E-state index in [0.717, 1.165) is 11.3 Å². The van der Waals surface area contributed by atoms with Gasteiger partial charge in [0.25, 0.3) is 5.91 Å². The number of carbonyl (C=O) groups excluding carboxylic acids is 1. The van der Waals surface area contributed by atoms with Gasteiger partial charge in [0.15, 0.2) is 6.10 Å². The molecule has 0 saturated heterocycles. The van der Waals surface area contributed by atoms with Crippen molar-refractivity contribution >= 4 is 18.3 Å². The van der Waals surface area contributed by atoms with E-state index >= 15 is 0 Å². The molecular weight excluding hydrogens is 240 g/mol. The van der Waals surface area contributed by atoms with Gasteiger partial charge in [0.2, 0.25) is 0 Å². The summed E-state index contributed by atoms with van der Waals surface area (Å²) in [5.74, 6) is 0.720. The molecule has 1 aliphatic heterocycles. The molecule has 0 saturated carbocycles. The van der Waals surface area contributed by atoms with Crippen LogP contribution in [-0.4, -0.2) is 24.6 Å². The standard InChI is InChI=1S/C12H16N2O2.ClH/c1-8(7-13)14-12(15)11-6-9-4-2-3-5-10(9)16-11;/h2-5,8,11H,6-7,13H2,1H3,(H,14,15);1H/t8-,11?;/m0./s1. The molecule has 0 radical (unpaired) electrons. The number of benzene rings is 1. The molecule has 4 nitrogen and oxygen atoms in total. The van der Waals surface area contributed by atoms with E-state index in [9.17, 15) is 4.79 Å². The van der Waals surface area contributed by atoms with Crippen molar-refractivity contribution in [2.75, 3.05) is 6.54 Å². The molecule has 17 heavy (non-hydrogen) atoms. The smallest absolute Gasteiger partial charge is 0.261 e. The molecule has 0 aliphatic carbocycles. The summed E-state index contributed by atoms with van der Waals surface area (Å²) in [5.41, 5.74) is 6.53. The molecule has 1 unspecified atom stereocenters. The van der Waals surface area contributed by atoms with E-state index in [1.54, 1.807) is 0 Å². The minimum absolute atomic E-state index is 0. The number of rotatable bonds is 3. The number of ether oxygens (including phenoxy) is 1. The van der Waals surface area contributed by atoms with E-state index in [1.165, 1.54) is 0 Å². The van der Waals surface area contributed by atoms with Crippen molar-refractivity contribution in [3.05, 3.63) is 29.8 Å². The first-order valence-corrected chi connectivity index (χ1v) is 5.45. The van der Waals surface area contributed by atoms with Crippen LogP contribution < -0.4 is 15.8 Å². The van der Waals surface area contributed by atoms with Crippen molar-refractivity contribution in [3.8, 4) is 5.75 Å². The van der Waals surface area contributed by atoms with Gasteiger partial charge in [-0.15, -0.1) is 12.4 Å². The molecule has 3 N–H and O–H groups in total. The van der Waals surface area contributed by atoms with Crippen molar-refractivity contribution in [1.29, 1.82) is 0 Å². The van der Waals surface area contributed by atoms with Crippen LogP contribution in [0.2, 0.25) is 0 Å². The van der Waals surface area contributed by atoms with Crippen LogP contribution in [0.3, 0.4) is 0 Å². The summed E-state index contributed by atoms with van der Waals surface area (Å²) in [5, 5.41) is 2.82. The number of halogens is 1. The van der Waals surface area contributed by atoms with E-state index in [-0.39, 0.29) is 24.4 Å². The van der Waals surface area contributed by atoms with Crippen LogP contribution in [0.25, 0.3) is 0 Å². The summed E-state index contributed by atoms with van der Waals surface area (Å²) in [6.45, 7) is 2.31. The van der Waals surface area contributed by atoms with Crippen molar-refractivity contribution in [2.45, 2.75) is 25.5 Å². The van der Waals surface area contributed by atoms with Crippen LogP contribution in [0.4, 0.5) is 0 Å². The molecule has 2 atom stereocenters. The Morgan fingerprint density at radius 1 is 1.59 bits per heavy atom. The lowest BCUT2D eigenvalue weighted by Crippen LogP contribution is -2.44. The number of hydrogen-bond acceptors (Lipinski definition) is 3. The summed E-state index contributed by atoms with van der Waals surface area (Å²) >= 11 is 0. The number of para-hydroxylation sites is 1. The molecule has 0 bridgehead atoms. The summed E-state index contributed by atoms with van der Waals surface area (Å²) in [6, 6.07) is 7.70. The average Bonchev–Trinajstić information content (AvgIpc) is 2.72. The van der Waals surface area contributed by atoms with E-state index < -0.39 is 6.10 Å². The molecule has 0 aromatic heterocycles. The van der Waals surface area contributed by atoms with Crippen LogP contribution in [0.1, 0.15) is 12.5 Å². The molecule has 1 heterocycles. The van der Waals surface area contributed by atoms with Gasteiger partial charge in [-0.2, -0.15) is 0 Å². The lowest BCUT2D eigenvalue weighted by Gasteiger charge is -2.15.